The Morgan fingerprint density at radius 3 is 2.75 bits per heavy atom. The third kappa shape index (κ3) is 3.01. The first-order valence-electron chi connectivity index (χ1n) is 7.36. The Bertz CT molecular complexity index is 766. The van der Waals surface area contributed by atoms with Gasteiger partial charge >= 0.3 is 12.1 Å². The molecule has 1 aliphatic rings. The molecule has 0 fully saturated rings. The van der Waals surface area contributed by atoms with E-state index in [-0.39, 0.29) is 24.7 Å². The average Bonchev–Trinajstić information content (AvgIpc) is 3.10. The first-order chi connectivity index (χ1) is 11.3. The molecule has 1 N–H and O–H groups in total. The molecular formula is C14H15F3N4O3. The number of rotatable bonds is 4. The van der Waals surface area contributed by atoms with E-state index < -0.39 is 18.0 Å². The number of aryl methyl sites for hydroxylation is 1. The molecule has 7 nitrogen and oxygen atoms in total. The Labute approximate surface area is 134 Å². The molecule has 0 amide bonds. The van der Waals surface area contributed by atoms with Crippen molar-refractivity contribution in [2.24, 2.45) is 0 Å². The number of carboxylic acids is 1. The molecule has 2 aromatic rings. The highest BCUT2D eigenvalue weighted by molar-refractivity contribution is 5.84. The highest BCUT2D eigenvalue weighted by Crippen LogP contribution is 2.30. The second-order valence-electron chi connectivity index (χ2n) is 5.52. The number of halogens is 3. The summed E-state index contributed by atoms with van der Waals surface area (Å²) in [4.78, 5) is 12.9. The minimum absolute atomic E-state index is 0.127. The third-order valence-corrected chi connectivity index (χ3v) is 3.91. The predicted octanol–water partition coefficient (Wildman–Crippen LogP) is 2.17. The highest BCUT2D eigenvalue weighted by Gasteiger charge is 2.39. The van der Waals surface area contributed by atoms with E-state index >= 15 is 0 Å². The minimum Gasteiger partial charge on any atom is -0.475 e. The zero-order valence-corrected chi connectivity index (χ0v) is 12.8. The van der Waals surface area contributed by atoms with Crippen molar-refractivity contribution in [3.05, 3.63) is 34.8 Å². The van der Waals surface area contributed by atoms with Gasteiger partial charge in [0.1, 0.15) is 11.6 Å². The van der Waals surface area contributed by atoms with E-state index in [4.69, 9.17) is 9.52 Å². The smallest absolute Gasteiger partial charge is 0.451 e. The molecule has 0 spiro atoms. The van der Waals surface area contributed by atoms with Gasteiger partial charge in [0, 0.05) is 31.6 Å². The van der Waals surface area contributed by atoms with Crippen LogP contribution in [0.3, 0.4) is 0 Å². The number of nitrogens with zero attached hydrogens (tertiary/aromatic N) is 4. The van der Waals surface area contributed by atoms with Crippen LogP contribution in [0.25, 0.3) is 0 Å². The first kappa shape index (κ1) is 16.5. The van der Waals surface area contributed by atoms with Crippen LogP contribution in [0.2, 0.25) is 0 Å². The van der Waals surface area contributed by atoms with Crippen LogP contribution >= 0.6 is 0 Å². The van der Waals surface area contributed by atoms with E-state index in [2.05, 4.69) is 10.2 Å². The maximum absolute atomic E-state index is 12.8. The molecular weight excluding hydrogens is 329 g/mol. The Morgan fingerprint density at radius 1 is 1.38 bits per heavy atom. The van der Waals surface area contributed by atoms with Gasteiger partial charge in [0.2, 0.25) is 11.6 Å². The summed E-state index contributed by atoms with van der Waals surface area (Å²) in [5.74, 6) is -1.46. The third-order valence-electron chi connectivity index (χ3n) is 3.91. The highest BCUT2D eigenvalue weighted by atomic mass is 19.4. The zero-order valence-electron chi connectivity index (χ0n) is 12.8. The molecule has 0 unspecified atom stereocenters. The van der Waals surface area contributed by atoms with Gasteiger partial charge < -0.3 is 14.1 Å². The SMILES string of the molecule is CCc1oc(C(=O)O)cc1CN1CCn2c(nnc2C(F)(F)F)C1. The second-order valence-corrected chi connectivity index (χ2v) is 5.52. The number of carbonyl (C=O) groups is 1. The van der Waals surface area contributed by atoms with Gasteiger partial charge in [-0.1, -0.05) is 6.92 Å². The summed E-state index contributed by atoms with van der Waals surface area (Å²) in [6.45, 7) is 2.94. The Kier molecular flexibility index (Phi) is 4.08. The lowest BCUT2D eigenvalue weighted by atomic mass is 10.2. The number of fused-ring (bicyclic) bond motifs is 1. The fourth-order valence-electron chi connectivity index (χ4n) is 2.80. The van der Waals surface area contributed by atoms with E-state index in [0.29, 0.717) is 25.3 Å². The van der Waals surface area contributed by atoms with Gasteiger partial charge in [-0.25, -0.2) is 4.79 Å². The fraction of sp³-hybridized carbons (Fsp3) is 0.500. The van der Waals surface area contributed by atoms with E-state index in [1.807, 2.05) is 11.8 Å². The van der Waals surface area contributed by atoms with Crippen LogP contribution in [0, 0.1) is 0 Å². The first-order valence-corrected chi connectivity index (χ1v) is 7.36. The lowest BCUT2D eigenvalue weighted by Gasteiger charge is -2.27. The summed E-state index contributed by atoms with van der Waals surface area (Å²) >= 11 is 0. The van der Waals surface area contributed by atoms with E-state index in [9.17, 15) is 18.0 Å². The fourth-order valence-corrected chi connectivity index (χ4v) is 2.80. The molecule has 3 rings (SSSR count). The number of hydrogen-bond donors (Lipinski definition) is 1. The van der Waals surface area contributed by atoms with Crippen LogP contribution in [0.4, 0.5) is 13.2 Å². The van der Waals surface area contributed by atoms with Gasteiger partial charge in [0.25, 0.3) is 0 Å². The number of furan rings is 1. The van der Waals surface area contributed by atoms with Crippen molar-refractivity contribution < 1.29 is 27.5 Å². The van der Waals surface area contributed by atoms with Gasteiger partial charge in [-0.15, -0.1) is 10.2 Å². The quantitative estimate of drug-likeness (QED) is 0.915. The minimum atomic E-state index is -4.52. The molecule has 0 radical (unpaired) electrons. The standard InChI is InChI=1S/C14H15F3N4O3/c1-2-9-8(5-10(24-9)12(22)23)6-20-3-4-21-11(7-20)18-19-13(21)14(15,16)17/h5H,2-4,6-7H2,1H3,(H,22,23). The molecule has 0 saturated heterocycles. The molecule has 2 aromatic heterocycles. The Hall–Kier alpha value is -2.36. The summed E-state index contributed by atoms with van der Waals surface area (Å²) in [7, 11) is 0. The van der Waals surface area contributed by atoms with E-state index in [0.717, 1.165) is 10.1 Å². The van der Waals surface area contributed by atoms with Crippen molar-refractivity contribution in [3.8, 4) is 0 Å². The van der Waals surface area contributed by atoms with Crippen LogP contribution in [0.15, 0.2) is 10.5 Å². The van der Waals surface area contributed by atoms with E-state index in [1.54, 1.807) is 0 Å². The maximum Gasteiger partial charge on any atom is 0.451 e. The average molecular weight is 344 g/mol. The summed E-state index contributed by atoms with van der Waals surface area (Å²) in [6, 6.07) is 1.46. The van der Waals surface area contributed by atoms with Gasteiger partial charge in [-0.05, 0) is 6.07 Å². The van der Waals surface area contributed by atoms with Gasteiger partial charge in [-0.3, -0.25) is 4.90 Å². The summed E-state index contributed by atoms with van der Waals surface area (Å²) < 4.78 is 44.8. The van der Waals surface area contributed by atoms with Crippen molar-refractivity contribution in [3.63, 3.8) is 0 Å². The lowest BCUT2D eigenvalue weighted by Crippen LogP contribution is -2.35. The molecule has 0 aliphatic carbocycles. The molecule has 1 aliphatic heterocycles. The largest absolute Gasteiger partial charge is 0.475 e. The Morgan fingerprint density at radius 2 is 2.12 bits per heavy atom. The van der Waals surface area contributed by atoms with Gasteiger partial charge in [-0.2, -0.15) is 13.2 Å². The van der Waals surface area contributed by atoms with Crippen LogP contribution in [-0.4, -0.2) is 37.3 Å². The van der Waals surface area contributed by atoms with Crippen molar-refractivity contribution in [1.29, 1.82) is 0 Å². The number of hydrogen-bond acceptors (Lipinski definition) is 5. The number of carboxylic acid groups (broad SMARTS) is 1. The van der Waals surface area contributed by atoms with Crippen molar-refractivity contribution in [2.75, 3.05) is 6.54 Å². The number of aromatic nitrogens is 3. The van der Waals surface area contributed by atoms with Gasteiger partial charge in [0.15, 0.2) is 0 Å². The monoisotopic (exact) mass is 344 g/mol. The topological polar surface area (TPSA) is 84.4 Å². The summed E-state index contributed by atoms with van der Waals surface area (Å²) in [6.07, 6.45) is -3.99. The van der Waals surface area contributed by atoms with Crippen LogP contribution in [0.5, 0.6) is 0 Å². The molecule has 0 bridgehead atoms. The van der Waals surface area contributed by atoms with Crippen LogP contribution in [-0.2, 0) is 32.2 Å². The Balaban J connectivity index is 1.77. The van der Waals surface area contributed by atoms with Crippen molar-refractivity contribution in [2.45, 2.75) is 39.2 Å². The molecule has 10 heteroatoms. The molecule has 0 aromatic carbocycles. The normalized spacial score (nSPS) is 15.5. The molecule has 0 atom stereocenters. The van der Waals surface area contributed by atoms with Crippen LogP contribution < -0.4 is 0 Å². The predicted molar refractivity (Wildman–Crippen MR) is 74.2 cm³/mol. The van der Waals surface area contributed by atoms with Crippen molar-refractivity contribution >= 4 is 5.97 Å². The summed E-state index contributed by atoms with van der Waals surface area (Å²) in [5.41, 5.74) is 0.721. The molecule has 0 saturated carbocycles. The van der Waals surface area contributed by atoms with Crippen LogP contribution in [0.1, 0.15) is 40.5 Å². The molecule has 24 heavy (non-hydrogen) atoms. The van der Waals surface area contributed by atoms with E-state index in [1.165, 1.54) is 6.07 Å². The van der Waals surface area contributed by atoms with Gasteiger partial charge in [0.05, 0.1) is 6.54 Å². The second kappa shape index (κ2) is 5.93. The number of alkyl halides is 3. The number of aromatic carboxylic acids is 1. The molecule has 130 valence electrons. The lowest BCUT2D eigenvalue weighted by molar-refractivity contribution is -0.148. The maximum atomic E-state index is 12.8. The molecule has 3 heterocycles. The van der Waals surface area contributed by atoms with Crippen molar-refractivity contribution in [1.82, 2.24) is 19.7 Å². The summed E-state index contributed by atoms with van der Waals surface area (Å²) in [5, 5.41) is 15.9. The zero-order chi connectivity index (χ0) is 17.5.